The minimum absolute atomic E-state index is 0.0553. The normalized spacial score (nSPS) is 15.3. The molecule has 0 saturated carbocycles. The predicted molar refractivity (Wildman–Crippen MR) is 60.2 cm³/mol. The maximum absolute atomic E-state index is 13.1. The molecule has 0 amide bonds. The molecular formula is C11H10F3NO2S. The van der Waals surface area contributed by atoms with Gasteiger partial charge in [-0.1, -0.05) is 12.2 Å². The average molecular weight is 277 g/mol. The van der Waals surface area contributed by atoms with Crippen molar-refractivity contribution in [3.05, 3.63) is 27.0 Å². The number of rotatable bonds is 1. The molecule has 1 heterocycles. The van der Waals surface area contributed by atoms with E-state index in [1.54, 1.807) is 0 Å². The van der Waals surface area contributed by atoms with E-state index >= 15 is 0 Å². The molecule has 0 radical (unpaired) electrons. The monoisotopic (exact) mass is 277 g/mol. The zero-order chi connectivity index (χ0) is 13.5. The first kappa shape index (κ1) is 13.1. The van der Waals surface area contributed by atoms with E-state index in [0.29, 0.717) is 18.5 Å². The van der Waals surface area contributed by atoms with E-state index in [4.69, 9.17) is 17.3 Å². The van der Waals surface area contributed by atoms with E-state index in [1.165, 1.54) is 0 Å². The lowest BCUT2D eigenvalue weighted by atomic mass is 9.90. The second-order valence-electron chi connectivity index (χ2n) is 4.17. The molecular weight excluding hydrogens is 267 g/mol. The molecule has 2 rings (SSSR count). The summed E-state index contributed by atoms with van der Waals surface area (Å²) in [6.07, 6.45) is -2.59. The molecule has 0 saturated heterocycles. The van der Waals surface area contributed by atoms with Gasteiger partial charge >= 0.3 is 12.1 Å². The number of H-pyrrole nitrogens is 1. The van der Waals surface area contributed by atoms with Gasteiger partial charge in [-0.05, 0) is 31.2 Å². The highest BCUT2D eigenvalue weighted by atomic mass is 32.1. The number of aryl methyl sites for hydroxylation is 1. The largest absolute Gasteiger partial charge is 0.478 e. The van der Waals surface area contributed by atoms with Crippen LogP contribution in [0.1, 0.15) is 40.0 Å². The molecule has 0 atom stereocenters. The summed E-state index contributed by atoms with van der Waals surface area (Å²) in [7, 11) is 0. The van der Waals surface area contributed by atoms with Crippen molar-refractivity contribution in [2.75, 3.05) is 0 Å². The van der Waals surface area contributed by atoms with Crippen LogP contribution in [0.3, 0.4) is 0 Å². The molecule has 0 aliphatic heterocycles. The van der Waals surface area contributed by atoms with Gasteiger partial charge in [0.15, 0.2) is 0 Å². The van der Waals surface area contributed by atoms with Gasteiger partial charge in [0.2, 0.25) is 0 Å². The summed E-state index contributed by atoms with van der Waals surface area (Å²) in [5.74, 6) is -1.64. The number of alkyl halides is 3. The lowest BCUT2D eigenvalue weighted by Gasteiger charge is -2.22. The quantitative estimate of drug-likeness (QED) is 0.774. The minimum Gasteiger partial charge on any atom is -0.478 e. The molecule has 98 valence electrons. The summed E-state index contributed by atoms with van der Waals surface area (Å²) in [4.78, 5) is 13.6. The summed E-state index contributed by atoms with van der Waals surface area (Å²) in [6.45, 7) is 0. The fourth-order valence-electron chi connectivity index (χ4n) is 2.30. The maximum Gasteiger partial charge on any atom is 0.417 e. The number of aromatic amines is 1. The highest BCUT2D eigenvalue weighted by Gasteiger charge is 2.40. The first-order valence-electron chi connectivity index (χ1n) is 5.41. The summed E-state index contributed by atoms with van der Waals surface area (Å²) in [5.41, 5.74) is -1.44. The van der Waals surface area contributed by atoms with E-state index in [0.717, 1.165) is 6.42 Å². The van der Waals surface area contributed by atoms with Gasteiger partial charge in [-0.3, -0.25) is 0 Å². The van der Waals surface area contributed by atoms with Gasteiger partial charge in [0, 0.05) is 5.69 Å². The SMILES string of the molecule is O=C(O)c1c(C(F)(F)F)c2c([nH]c1=S)CCCC2. The van der Waals surface area contributed by atoms with Crippen molar-refractivity contribution >= 4 is 18.2 Å². The van der Waals surface area contributed by atoms with Crippen molar-refractivity contribution in [1.82, 2.24) is 4.98 Å². The number of hydrogen-bond donors (Lipinski definition) is 2. The van der Waals surface area contributed by atoms with Gasteiger partial charge in [0.05, 0.1) is 5.56 Å². The van der Waals surface area contributed by atoms with E-state index in [9.17, 15) is 18.0 Å². The molecule has 0 fully saturated rings. The zero-order valence-electron chi connectivity index (χ0n) is 9.23. The van der Waals surface area contributed by atoms with Crippen LogP contribution in [0.15, 0.2) is 0 Å². The van der Waals surface area contributed by atoms with Crippen molar-refractivity contribution in [3.63, 3.8) is 0 Å². The predicted octanol–water partition coefficient (Wildman–Crippen LogP) is 3.34. The third-order valence-corrected chi connectivity index (χ3v) is 3.31. The number of carboxylic acid groups (broad SMARTS) is 1. The van der Waals surface area contributed by atoms with Gasteiger partial charge in [0.25, 0.3) is 0 Å². The molecule has 1 aromatic heterocycles. The lowest BCUT2D eigenvalue weighted by molar-refractivity contribution is -0.138. The van der Waals surface area contributed by atoms with Crippen LogP contribution in [0.25, 0.3) is 0 Å². The molecule has 0 bridgehead atoms. The van der Waals surface area contributed by atoms with Crippen LogP contribution in [-0.2, 0) is 19.0 Å². The molecule has 0 spiro atoms. The molecule has 1 aromatic rings. The topological polar surface area (TPSA) is 53.1 Å². The second kappa shape index (κ2) is 4.38. The number of carbonyl (C=O) groups is 1. The molecule has 2 N–H and O–H groups in total. The van der Waals surface area contributed by atoms with Gasteiger partial charge in [-0.2, -0.15) is 13.2 Å². The van der Waals surface area contributed by atoms with Gasteiger partial charge in [0.1, 0.15) is 10.2 Å². The Hall–Kier alpha value is -1.37. The Morgan fingerprint density at radius 2 is 1.89 bits per heavy atom. The Morgan fingerprint density at radius 3 is 2.44 bits per heavy atom. The number of aromatic carboxylic acids is 1. The summed E-state index contributed by atoms with van der Waals surface area (Å²) in [5, 5.41) is 8.92. The molecule has 7 heteroatoms. The summed E-state index contributed by atoms with van der Waals surface area (Å²) in [6, 6.07) is 0. The smallest absolute Gasteiger partial charge is 0.417 e. The van der Waals surface area contributed by atoms with Gasteiger partial charge in [-0.15, -0.1) is 0 Å². The first-order valence-corrected chi connectivity index (χ1v) is 5.81. The van der Waals surface area contributed by atoms with Crippen molar-refractivity contribution in [2.24, 2.45) is 0 Å². The van der Waals surface area contributed by atoms with E-state index in [1.807, 2.05) is 0 Å². The summed E-state index contributed by atoms with van der Waals surface area (Å²) < 4.78 is 38.8. The molecule has 1 aliphatic carbocycles. The van der Waals surface area contributed by atoms with Crippen LogP contribution in [0, 0.1) is 4.64 Å². The number of nitrogens with one attached hydrogen (secondary N) is 1. The molecule has 3 nitrogen and oxygen atoms in total. The third-order valence-electron chi connectivity index (χ3n) is 3.01. The van der Waals surface area contributed by atoms with Crippen LogP contribution >= 0.6 is 12.2 Å². The van der Waals surface area contributed by atoms with Crippen molar-refractivity contribution in [2.45, 2.75) is 31.9 Å². The second-order valence-corrected chi connectivity index (χ2v) is 4.58. The van der Waals surface area contributed by atoms with E-state index in [-0.39, 0.29) is 16.6 Å². The first-order chi connectivity index (χ1) is 8.32. The number of fused-ring (bicyclic) bond motifs is 1. The van der Waals surface area contributed by atoms with E-state index < -0.39 is 23.3 Å². The van der Waals surface area contributed by atoms with Crippen molar-refractivity contribution in [3.8, 4) is 0 Å². The van der Waals surface area contributed by atoms with Crippen LogP contribution in [0.4, 0.5) is 13.2 Å². The Morgan fingerprint density at radius 1 is 1.28 bits per heavy atom. The average Bonchev–Trinajstić information content (AvgIpc) is 2.25. The standard InChI is InChI=1S/C11H10F3NO2S/c12-11(13,14)8-5-3-1-2-4-6(5)15-9(18)7(8)10(16)17/h1-4H2,(H,15,18)(H,16,17). The zero-order valence-corrected chi connectivity index (χ0v) is 10.0. The lowest BCUT2D eigenvalue weighted by Crippen LogP contribution is -2.21. The highest BCUT2D eigenvalue weighted by molar-refractivity contribution is 7.71. The van der Waals surface area contributed by atoms with Crippen LogP contribution in [-0.4, -0.2) is 16.1 Å². The number of halogens is 3. The highest BCUT2D eigenvalue weighted by Crippen LogP contribution is 2.38. The summed E-state index contributed by atoms with van der Waals surface area (Å²) >= 11 is 4.73. The molecule has 0 aromatic carbocycles. The fraction of sp³-hybridized carbons (Fsp3) is 0.455. The molecule has 1 aliphatic rings. The number of aromatic nitrogens is 1. The number of pyridine rings is 1. The fourth-order valence-corrected chi connectivity index (χ4v) is 2.61. The van der Waals surface area contributed by atoms with E-state index in [2.05, 4.69) is 4.98 Å². The minimum atomic E-state index is -4.70. The third kappa shape index (κ3) is 2.14. The number of hydrogen-bond acceptors (Lipinski definition) is 2. The van der Waals surface area contributed by atoms with Gasteiger partial charge < -0.3 is 10.1 Å². The maximum atomic E-state index is 13.1. The van der Waals surface area contributed by atoms with Gasteiger partial charge in [-0.25, -0.2) is 4.79 Å². The Bertz CT molecular complexity index is 563. The van der Waals surface area contributed by atoms with Crippen molar-refractivity contribution < 1.29 is 23.1 Å². The van der Waals surface area contributed by atoms with Crippen LogP contribution < -0.4 is 0 Å². The Labute approximate surface area is 106 Å². The van der Waals surface area contributed by atoms with Crippen LogP contribution in [0.5, 0.6) is 0 Å². The molecule has 0 unspecified atom stereocenters. The Balaban J connectivity index is 2.83. The van der Waals surface area contributed by atoms with Crippen LogP contribution in [0.2, 0.25) is 0 Å². The molecule has 18 heavy (non-hydrogen) atoms. The Kier molecular flexibility index (Phi) is 3.18. The number of carboxylic acids is 1. The van der Waals surface area contributed by atoms with Crippen molar-refractivity contribution in [1.29, 1.82) is 0 Å².